The Balaban J connectivity index is 2.44. The molecule has 1 saturated heterocycles. The molecule has 70 valence electrons. The summed E-state index contributed by atoms with van der Waals surface area (Å²) in [6, 6.07) is 0.205. The molecular formula is C5H12N3O3P. The van der Waals surface area contributed by atoms with E-state index in [0.717, 1.165) is 6.42 Å². The van der Waals surface area contributed by atoms with Crippen LogP contribution in [0.1, 0.15) is 13.3 Å². The van der Waals surface area contributed by atoms with Crippen molar-refractivity contribution in [3.63, 3.8) is 0 Å². The maximum Gasteiger partial charge on any atom is 0.429 e. The third-order valence-electron chi connectivity index (χ3n) is 1.86. The minimum absolute atomic E-state index is 0.193. The maximum absolute atomic E-state index is 10.4. The molecule has 0 aromatic rings. The lowest BCUT2D eigenvalue weighted by Gasteiger charge is -2.40. The Labute approximate surface area is 70.3 Å². The Morgan fingerprint density at radius 3 is 2.58 bits per heavy atom. The number of hydrogen-bond acceptors (Lipinski definition) is 2. The highest BCUT2D eigenvalue weighted by Crippen LogP contribution is 2.29. The molecular weight excluding hydrogens is 181 g/mol. The van der Waals surface area contributed by atoms with Gasteiger partial charge in [-0.3, -0.25) is 10.5 Å². The second-order valence-electron chi connectivity index (χ2n) is 2.84. The third-order valence-corrected chi connectivity index (χ3v) is 2.36. The summed E-state index contributed by atoms with van der Waals surface area (Å²) in [5.74, 6) is -0.193. The van der Waals surface area contributed by atoms with Gasteiger partial charge in [-0.15, -0.1) is 0 Å². The number of guanidine groups is 1. The summed E-state index contributed by atoms with van der Waals surface area (Å²) in [6.45, 7) is 2.59. The van der Waals surface area contributed by atoms with Crippen LogP contribution in [0.3, 0.4) is 0 Å². The second kappa shape index (κ2) is 3.05. The third kappa shape index (κ3) is 2.20. The molecule has 0 radical (unpaired) electrons. The van der Waals surface area contributed by atoms with Gasteiger partial charge in [0, 0.05) is 12.6 Å². The quantitative estimate of drug-likeness (QED) is 0.260. The van der Waals surface area contributed by atoms with Crippen LogP contribution in [0.5, 0.6) is 0 Å². The average molecular weight is 193 g/mol. The monoisotopic (exact) mass is 193 g/mol. The molecule has 7 heteroatoms. The molecule has 0 aromatic heterocycles. The van der Waals surface area contributed by atoms with Gasteiger partial charge in [-0.05, 0) is 13.3 Å². The van der Waals surface area contributed by atoms with Gasteiger partial charge in [-0.1, -0.05) is 0 Å². The summed E-state index contributed by atoms with van der Waals surface area (Å²) in [5.41, 5.74) is 0. The van der Waals surface area contributed by atoms with Crippen molar-refractivity contribution in [2.24, 2.45) is 0 Å². The van der Waals surface area contributed by atoms with Crippen molar-refractivity contribution >= 4 is 13.7 Å². The van der Waals surface area contributed by atoms with E-state index in [4.69, 9.17) is 15.2 Å². The van der Waals surface area contributed by atoms with Crippen LogP contribution in [-0.2, 0) is 4.57 Å². The number of nitrogens with one attached hydrogen (secondary N) is 2. The fourth-order valence-electron chi connectivity index (χ4n) is 1.05. The first kappa shape index (κ1) is 9.51. The van der Waals surface area contributed by atoms with Crippen LogP contribution in [0.15, 0.2) is 0 Å². The smallest absolute Gasteiger partial charge is 0.340 e. The van der Waals surface area contributed by atoms with E-state index in [1.165, 1.54) is 0 Å². The first-order valence-corrected chi connectivity index (χ1v) is 5.20. The highest BCUT2D eigenvalue weighted by Gasteiger charge is 2.28. The average Bonchev–Trinajstić information content (AvgIpc) is 1.79. The van der Waals surface area contributed by atoms with Crippen molar-refractivity contribution in [3.8, 4) is 0 Å². The minimum atomic E-state index is -4.30. The van der Waals surface area contributed by atoms with Crippen molar-refractivity contribution in [1.29, 1.82) is 5.41 Å². The second-order valence-corrected chi connectivity index (χ2v) is 4.15. The van der Waals surface area contributed by atoms with Gasteiger partial charge in [0.05, 0.1) is 0 Å². The molecule has 0 amide bonds. The van der Waals surface area contributed by atoms with E-state index in [0.29, 0.717) is 6.54 Å². The Bertz CT molecular complexity index is 238. The molecule has 1 aliphatic rings. The van der Waals surface area contributed by atoms with Crippen LogP contribution in [0.25, 0.3) is 0 Å². The zero-order valence-corrected chi connectivity index (χ0v) is 7.58. The highest BCUT2D eigenvalue weighted by molar-refractivity contribution is 7.50. The summed E-state index contributed by atoms with van der Waals surface area (Å²) in [4.78, 5) is 18.5. The Morgan fingerprint density at radius 1 is 1.75 bits per heavy atom. The fraction of sp³-hybridized carbons (Fsp3) is 0.800. The summed E-state index contributed by atoms with van der Waals surface area (Å²) >= 11 is 0. The summed E-state index contributed by atoms with van der Waals surface area (Å²) < 4.78 is 10.4. The van der Waals surface area contributed by atoms with E-state index >= 15 is 0 Å². The van der Waals surface area contributed by atoms with Crippen molar-refractivity contribution in [3.05, 3.63) is 0 Å². The topological polar surface area (TPSA) is 96.7 Å². The summed E-state index contributed by atoms with van der Waals surface area (Å²) in [7, 11) is -4.30. The zero-order chi connectivity index (χ0) is 9.35. The molecule has 0 saturated carbocycles. The van der Waals surface area contributed by atoms with E-state index in [1.807, 2.05) is 12.0 Å². The first-order chi connectivity index (χ1) is 5.40. The molecule has 6 nitrogen and oxygen atoms in total. The van der Waals surface area contributed by atoms with Gasteiger partial charge < -0.3 is 14.7 Å². The SMILES string of the molecule is CC1CCN1C(=N)NP(=O)(O)O. The summed E-state index contributed by atoms with van der Waals surface area (Å²) in [6.07, 6.45) is 0.964. The molecule has 0 aromatic carbocycles. The van der Waals surface area contributed by atoms with E-state index in [1.54, 1.807) is 4.90 Å². The maximum atomic E-state index is 10.4. The largest absolute Gasteiger partial charge is 0.429 e. The van der Waals surface area contributed by atoms with Crippen molar-refractivity contribution in [1.82, 2.24) is 9.99 Å². The zero-order valence-electron chi connectivity index (χ0n) is 6.69. The van der Waals surface area contributed by atoms with Gasteiger partial charge in [0.1, 0.15) is 0 Å². The highest BCUT2D eigenvalue weighted by atomic mass is 31.2. The van der Waals surface area contributed by atoms with Crippen molar-refractivity contribution in [2.75, 3.05) is 6.54 Å². The first-order valence-electron chi connectivity index (χ1n) is 3.59. The van der Waals surface area contributed by atoms with Gasteiger partial charge >= 0.3 is 7.75 Å². The molecule has 1 aliphatic heterocycles. The van der Waals surface area contributed by atoms with E-state index in [9.17, 15) is 4.57 Å². The fourth-order valence-corrected chi connectivity index (χ4v) is 1.46. The number of rotatable bonds is 1. The molecule has 0 aliphatic carbocycles. The molecule has 0 bridgehead atoms. The summed E-state index contributed by atoms with van der Waals surface area (Å²) in [5, 5.41) is 9.08. The molecule has 1 fully saturated rings. The molecule has 12 heavy (non-hydrogen) atoms. The van der Waals surface area contributed by atoms with Crippen LogP contribution in [0.4, 0.5) is 0 Å². The molecule has 1 rings (SSSR count). The van der Waals surface area contributed by atoms with Crippen LogP contribution in [-0.4, -0.2) is 33.2 Å². The van der Waals surface area contributed by atoms with E-state index in [2.05, 4.69) is 0 Å². The lowest BCUT2D eigenvalue weighted by Crippen LogP contribution is -2.53. The van der Waals surface area contributed by atoms with Crippen LogP contribution >= 0.6 is 7.75 Å². The Hall–Kier alpha value is -0.580. The Kier molecular flexibility index (Phi) is 2.41. The Morgan fingerprint density at radius 2 is 2.33 bits per heavy atom. The molecule has 1 unspecified atom stereocenters. The molecule has 4 N–H and O–H groups in total. The van der Waals surface area contributed by atoms with Gasteiger partial charge in [-0.2, -0.15) is 0 Å². The van der Waals surface area contributed by atoms with E-state index in [-0.39, 0.29) is 12.0 Å². The number of hydrogen-bond donors (Lipinski definition) is 4. The van der Waals surface area contributed by atoms with Crippen molar-refractivity contribution < 1.29 is 14.4 Å². The van der Waals surface area contributed by atoms with Crippen LogP contribution in [0.2, 0.25) is 0 Å². The van der Waals surface area contributed by atoms with Crippen LogP contribution < -0.4 is 5.09 Å². The number of likely N-dealkylation sites (tertiary alicyclic amines) is 1. The number of nitrogens with zero attached hydrogens (tertiary/aromatic N) is 1. The van der Waals surface area contributed by atoms with E-state index < -0.39 is 7.75 Å². The molecule has 1 heterocycles. The normalized spacial score (nSPS) is 23.2. The lowest BCUT2D eigenvalue weighted by molar-refractivity contribution is 0.195. The van der Waals surface area contributed by atoms with Gasteiger partial charge in [0.25, 0.3) is 0 Å². The van der Waals surface area contributed by atoms with Gasteiger partial charge in [0.15, 0.2) is 5.96 Å². The minimum Gasteiger partial charge on any atom is -0.340 e. The van der Waals surface area contributed by atoms with Gasteiger partial charge in [-0.25, -0.2) is 4.57 Å². The standard InChI is InChI=1S/C5H12N3O3P/c1-4-2-3-8(4)5(6)7-12(9,10)11/h4H,2-3H2,1H3,(H4,6,7,9,10,11). The predicted octanol–water partition coefficient (Wildman–Crippen LogP) is -0.302. The van der Waals surface area contributed by atoms with Crippen LogP contribution in [0, 0.1) is 5.41 Å². The molecule has 0 spiro atoms. The van der Waals surface area contributed by atoms with Gasteiger partial charge in [0.2, 0.25) is 0 Å². The molecule has 1 atom stereocenters. The predicted molar refractivity (Wildman–Crippen MR) is 43.7 cm³/mol. The lowest BCUT2D eigenvalue weighted by atomic mass is 10.1. The van der Waals surface area contributed by atoms with Crippen molar-refractivity contribution in [2.45, 2.75) is 19.4 Å².